The molecular weight excluding hydrogens is 471 g/mol. The molecule has 11 heteroatoms. The minimum atomic E-state index is -5.84. The molecule has 0 radical (unpaired) electrons. The van der Waals surface area contributed by atoms with E-state index in [1.54, 1.807) is 38.1 Å². The maximum absolute atomic E-state index is 14.5. The first-order valence-electron chi connectivity index (χ1n) is 11.3. The fourth-order valence-corrected chi connectivity index (χ4v) is 3.71. The Labute approximate surface area is 199 Å². The highest BCUT2D eigenvalue weighted by molar-refractivity contribution is 5.84. The number of amides is 1. The molecule has 0 unspecified atom stereocenters. The van der Waals surface area contributed by atoms with Crippen molar-refractivity contribution in [1.82, 2.24) is 19.5 Å². The Morgan fingerprint density at radius 1 is 1.06 bits per heavy atom. The first-order chi connectivity index (χ1) is 16.4. The largest absolute Gasteiger partial charge is 0.494 e. The molecule has 0 bridgehead atoms. The molecule has 0 fully saturated rings. The molecule has 0 aliphatic heterocycles. The minimum absolute atomic E-state index is 0.0530. The van der Waals surface area contributed by atoms with Gasteiger partial charge in [-0.15, -0.1) is 0 Å². The van der Waals surface area contributed by atoms with Gasteiger partial charge in [0, 0.05) is 29.9 Å². The lowest BCUT2D eigenvalue weighted by Crippen LogP contribution is -2.36. The number of alkyl halides is 5. The number of ether oxygens (including phenoxy) is 1. The average Bonchev–Trinajstić information content (AvgIpc) is 3.15. The lowest BCUT2D eigenvalue weighted by molar-refractivity contribution is -0.291. The van der Waals surface area contributed by atoms with Crippen molar-refractivity contribution in [2.75, 3.05) is 19.7 Å². The van der Waals surface area contributed by atoms with Gasteiger partial charge in [0.15, 0.2) is 5.65 Å². The molecule has 0 aliphatic rings. The highest BCUT2D eigenvalue weighted by Gasteiger charge is 2.60. The summed E-state index contributed by atoms with van der Waals surface area (Å²) in [5.74, 6) is -4.93. The van der Waals surface area contributed by atoms with Crippen molar-refractivity contribution in [3.8, 4) is 17.0 Å². The van der Waals surface area contributed by atoms with E-state index < -0.39 is 17.8 Å². The van der Waals surface area contributed by atoms with Crippen molar-refractivity contribution in [2.45, 2.75) is 52.6 Å². The van der Waals surface area contributed by atoms with Crippen LogP contribution in [0.4, 0.5) is 22.0 Å². The zero-order valence-corrected chi connectivity index (χ0v) is 19.9. The Balaban J connectivity index is 2.25. The molecule has 1 amide bonds. The van der Waals surface area contributed by atoms with Gasteiger partial charge in [-0.3, -0.25) is 4.79 Å². The standard InChI is InChI=1S/C24H27F5N4O2/c1-5-12-35-17-10-8-16(9-11-17)21-18(14-20(34)32(6-2)7-3)22-30-15(4)13-19(33(22)31-21)23(25,26)24(27,28)29/h8-11,13H,5-7,12,14H2,1-4H3. The number of benzene rings is 1. The van der Waals surface area contributed by atoms with E-state index in [1.807, 2.05) is 6.92 Å². The number of nitrogens with zero attached hydrogens (tertiary/aromatic N) is 4. The third-order valence-electron chi connectivity index (χ3n) is 5.53. The molecule has 3 rings (SSSR count). The number of carbonyl (C=O) groups excluding carboxylic acids is 1. The van der Waals surface area contributed by atoms with Crippen LogP contribution in [0.25, 0.3) is 16.9 Å². The second kappa shape index (κ2) is 10.2. The van der Waals surface area contributed by atoms with Crippen LogP contribution in [0.1, 0.15) is 44.1 Å². The summed E-state index contributed by atoms with van der Waals surface area (Å²) in [4.78, 5) is 18.7. The highest BCUT2D eigenvalue weighted by Crippen LogP contribution is 2.44. The Morgan fingerprint density at radius 3 is 2.23 bits per heavy atom. The van der Waals surface area contributed by atoms with Gasteiger partial charge in [0.1, 0.15) is 11.4 Å². The Hall–Kier alpha value is -3.24. The second-order valence-corrected chi connectivity index (χ2v) is 8.03. The SMILES string of the molecule is CCCOc1ccc(-c2nn3c(C(F)(F)C(F)(F)F)cc(C)nc3c2CC(=O)N(CC)CC)cc1. The van der Waals surface area contributed by atoms with Gasteiger partial charge in [0.05, 0.1) is 18.7 Å². The van der Waals surface area contributed by atoms with Crippen molar-refractivity contribution < 1.29 is 31.5 Å². The monoisotopic (exact) mass is 498 g/mol. The Kier molecular flexibility index (Phi) is 7.66. The molecule has 0 N–H and O–H groups in total. The molecule has 0 spiro atoms. The lowest BCUT2D eigenvalue weighted by Gasteiger charge is -2.21. The van der Waals surface area contributed by atoms with E-state index in [-0.39, 0.29) is 34.9 Å². The molecular formula is C24H27F5N4O2. The third-order valence-corrected chi connectivity index (χ3v) is 5.53. The van der Waals surface area contributed by atoms with E-state index in [4.69, 9.17) is 4.74 Å². The van der Waals surface area contributed by atoms with Gasteiger partial charge in [-0.2, -0.15) is 27.1 Å². The molecule has 1 aromatic carbocycles. The summed E-state index contributed by atoms with van der Waals surface area (Å²) in [6.45, 7) is 8.17. The maximum atomic E-state index is 14.5. The number of fused-ring (bicyclic) bond motifs is 1. The molecule has 0 saturated carbocycles. The van der Waals surface area contributed by atoms with Gasteiger partial charge >= 0.3 is 12.1 Å². The van der Waals surface area contributed by atoms with Crippen LogP contribution in [0, 0.1) is 6.92 Å². The summed E-state index contributed by atoms with van der Waals surface area (Å²) < 4.78 is 74.9. The van der Waals surface area contributed by atoms with Crippen LogP contribution in [0.15, 0.2) is 30.3 Å². The quantitative estimate of drug-likeness (QED) is 0.363. The highest BCUT2D eigenvalue weighted by atomic mass is 19.4. The van der Waals surface area contributed by atoms with Crippen LogP contribution in [0.2, 0.25) is 0 Å². The second-order valence-electron chi connectivity index (χ2n) is 8.03. The van der Waals surface area contributed by atoms with E-state index in [0.717, 1.165) is 6.42 Å². The van der Waals surface area contributed by atoms with Gasteiger partial charge < -0.3 is 9.64 Å². The normalized spacial score (nSPS) is 12.3. The predicted molar refractivity (Wildman–Crippen MR) is 121 cm³/mol. The summed E-state index contributed by atoms with van der Waals surface area (Å²) in [6.07, 6.45) is -5.30. The Morgan fingerprint density at radius 2 is 1.69 bits per heavy atom. The number of aromatic nitrogens is 3. The fraction of sp³-hybridized carbons (Fsp3) is 0.458. The van der Waals surface area contributed by atoms with E-state index in [1.165, 1.54) is 11.8 Å². The van der Waals surface area contributed by atoms with Gasteiger partial charge in [-0.05, 0) is 57.5 Å². The number of aryl methyl sites for hydroxylation is 1. The number of halogens is 5. The van der Waals surface area contributed by atoms with Gasteiger partial charge in [0.25, 0.3) is 0 Å². The number of hydrogen-bond acceptors (Lipinski definition) is 4. The van der Waals surface area contributed by atoms with E-state index in [2.05, 4.69) is 10.1 Å². The zero-order chi connectivity index (χ0) is 26.0. The van der Waals surface area contributed by atoms with E-state index in [0.29, 0.717) is 41.6 Å². The van der Waals surface area contributed by atoms with Crippen molar-refractivity contribution in [3.63, 3.8) is 0 Å². The van der Waals surface area contributed by atoms with Gasteiger partial charge in [-0.1, -0.05) is 6.92 Å². The van der Waals surface area contributed by atoms with Crippen LogP contribution in [-0.2, 0) is 17.1 Å². The molecule has 35 heavy (non-hydrogen) atoms. The van der Waals surface area contributed by atoms with Crippen molar-refractivity contribution >= 4 is 11.6 Å². The van der Waals surface area contributed by atoms with Crippen LogP contribution in [0.3, 0.4) is 0 Å². The van der Waals surface area contributed by atoms with Crippen LogP contribution < -0.4 is 4.74 Å². The van der Waals surface area contributed by atoms with Crippen LogP contribution in [0.5, 0.6) is 5.75 Å². The summed E-state index contributed by atoms with van der Waals surface area (Å²) in [5.41, 5.74) is -0.927. The first-order valence-corrected chi connectivity index (χ1v) is 11.3. The molecule has 0 atom stereocenters. The number of likely N-dealkylation sites (N-methyl/N-ethyl adjacent to an activating group) is 1. The summed E-state index contributed by atoms with van der Waals surface area (Å²) in [6, 6.07) is 7.19. The molecule has 2 heterocycles. The molecule has 0 saturated heterocycles. The molecule has 190 valence electrons. The fourth-order valence-electron chi connectivity index (χ4n) is 3.71. The van der Waals surface area contributed by atoms with Crippen molar-refractivity contribution in [2.24, 2.45) is 0 Å². The number of rotatable bonds is 9. The molecule has 6 nitrogen and oxygen atoms in total. The summed E-state index contributed by atoms with van der Waals surface area (Å²) >= 11 is 0. The van der Waals surface area contributed by atoms with E-state index >= 15 is 0 Å². The average molecular weight is 498 g/mol. The Bertz CT molecular complexity index is 1190. The molecule has 3 aromatic rings. The molecule has 2 aromatic heterocycles. The van der Waals surface area contributed by atoms with Gasteiger partial charge in [-0.25, -0.2) is 9.50 Å². The van der Waals surface area contributed by atoms with E-state index in [9.17, 15) is 26.7 Å². The smallest absolute Gasteiger partial charge is 0.459 e. The summed E-state index contributed by atoms with van der Waals surface area (Å²) in [7, 11) is 0. The van der Waals surface area contributed by atoms with Crippen molar-refractivity contribution in [3.05, 3.63) is 47.3 Å². The van der Waals surface area contributed by atoms with Gasteiger partial charge in [0.2, 0.25) is 5.91 Å². The predicted octanol–water partition coefficient (Wildman–Crippen LogP) is 5.56. The maximum Gasteiger partial charge on any atom is 0.459 e. The first kappa shape index (κ1) is 26.4. The van der Waals surface area contributed by atoms with Crippen molar-refractivity contribution in [1.29, 1.82) is 0 Å². The van der Waals surface area contributed by atoms with Crippen LogP contribution in [-0.4, -0.2) is 51.3 Å². The summed E-state index contributed by atoms with van der Waals surface area (Å²) in [5, 5.41) is 4.12. The number of hydrogen-bond donors (Lipinski definition) is 0. The zero-order valence-electron chi connectivity index (χ0n) is 19.9. The molecule has 0 aliphatic carbocycles. The third kappa shape index (κ3) is 5.23. The number of carbonyl (C=O) groups is 1. The lowest BCUT2D eigenvalue weighted by atomic mass is 10.0. The van der Waals surface area contributed by atoms with Crippen LogP contribution >= 0.6 is 0 Å². The topological polar surface area (TPSA) is 59.7 Å². The minimum Gasteiger partial charge on any atom is -0.494 e.